The van der Waals surface area contributed by atoms with Gasteiger partial charge in [0.2, 0.25) is 5.91 Å². The predicted octanol–water partition coefficient (Wildman–Crippen LogP) is 2.76. The van der Waals surface area contributed by atoms with E-state index in [0.29, 0.717) is 24.2 Å². The maximum Gasteiger partial charge on any atom is 0.264 e. The zero-order valence-electron chi connectivity index (χ0n) is 13.6. The maximum atomic E-state index is 12.2. The van der Waals surface area contributed by atoms with E-state index in [1.54, 1.807) is 0 Å². The van der Waals surface area contributed by atoms with Gasteiger partial charge in [-0.1, -0.05) is 23.4 Å². The molecule has 1 unspecified atom stereocenters. The average molecular weight is 327 g/mol. The number of ether oxygens (including phenoxy) is 1. The highest BCUT2D eigenvalue weighted by Gasteiger charge is 2.36. The number of carbonyl (C=O) groups is 1. The Bertz CT molecular complexity index is 697. The minimum atomic E-state index is 0.163. The lowest BCUT2D eigenvalue weighted by atomic mass is 9.97. The summed E-state index contributed by atoms with van der Waals surface area (Å²) in [5, 5.41) is 4.10. The lowest BCUT2D eigenvalue weighted by Gasteiger charge is -2.31. The third kappa shape index (κ3) is 3.42. The summed E-state index contributed by atoms with van der Waals surface area (Å²) in [6, 6.07) is 9.55. The van der Waals surface area contributed by atoms with E-state index in [4.69, 9.17) is 9.26 Å². The number of para-hydroxylation sites is 1. The molecular weight excluding hydrogens is 306 g/mol. The van der Waals surface area contributed by atoms with Crippen molar-refractivity contribution < 1.29 is 14.1 Å². The second-order valence-corrected chi connectivity index (χ2v) is 6.55. The minimum Gasteiger partial charge on any atom is -0.484 e. The van der Waals surface area contributed by atoms with Gasteiger partial charge >= 0.3 is 0 Å². The molecule has 1 aromatic heterocycles. The standard InChI is InChI=1S/C18H21N3O3/c22-18(13-8-9-13)21-10-4-5-14(11-21)17-19-16(24-20-17)12-23-15-6-2-1-3-7-15/h1-3,6-7,13-14H,4-5,8-12H2. The molecule has 2 aromatic rings. The van der Waals surface area contributed by atoms with Crippen molar-refractivity contribution in [3.8, 4) is 5.75 Å². The van der Waals surface area contributed by atoms with Crippen molar-refractivity contribution in [2.75, 3.05) is 13.1 Å². The van der Waals surface area contributed by atoms with Crippen molar-refractivity contribution in [2.45, 2.75) is 38.2 Å². The first-order valence-corrected chi connectivity index (χ1v) is 8.59. The van der Waals surface area contributed by atoms with E-state index in [2.05, 4.69) is 10.1 Å². The van der Waals surface area contributed by atoms with E-state index < -0.39 is 0 Å². The van der Waals surface area contributed by atoms with Crippen LogP contribution in [0.2, 0.25) is 0 Å². The topological polar surface area (TPSA) is 68.5 Å². The molecule has 1 saturated heterocycles. The van der Waals surface area contributed by atoms with Gasteiger partial charge in [0.15, 0.2) is 12.4 Å². The first-order valence-electron chi connectivity index (χ1n) is 8.59. The molecule has 0 spiro atoms. The van der Waals surface area contributed by atoms with E-state index >= 15 is 0 Å². The van der Waals surface area contributed by atoms with Gasteiger partial charge in [0.25, 0.3) is 5.89 Å². The van der Waals surface area contributed by atoms with Crippen molar-refractivity contribution >= 4 is 5.91 Å². The monoisotopic (exact) mass is 327 g/mol. The highest BCUT2D eigenvalue weighted by molar-refractivity contribution is 5.81. The molecule has 4 rings (SSSR count). The van der Waals surface area contributed by atoms with Crippen molar-refractivity contribution in [2.24, 2.45) is 5.92 Å². The normalized spacial score (nSPS) is 20.8. The van der Waals surface area contributed by atoms with E-state index in [9.17, 15) is 4.79 Å². The van der Waals surface area contributed by atoms with Gasteiger partial charge in [0.05, 0.1) is 0 Å². The Labute approximate surface area is 140 Å². The highest BCUT2D eigenvalue weighted by Crippen LogP contribution is 2.34. The van der Waals surface area contributed by atoms with Crippen LogP contribution in [0.5, 0.6) is 5.75 Å². The number of carbonyl (C=O) groups excluding carboxylic acids is 1. The number of aromatic nitrogens is 2. The molecule has 0 bridgehead atoms. The van der Waals surface area contributed by atoms with E-state index in [1.165, 1.54) is 0 Å². The molecule has 126 valence electrons. The van der Waals surface area contributed by atoms with Crippen LogP contribution in [-0.2, 0) is 11.4 Å². The van der Waals surface area contributed by atoms with Crippen molar-refractivity contribution in [1.29, 1.82) is 0 Å². The van der Waals surface area contributed by atoms with Crippen LogP contribution >= 0.6 is 0 Å². The van der Waals surface area contributed by atoms with E-state index in [-0.39, 0.29) is 18.4 Å². The molecule has 1 aromatic carbocycles. The van der Waals surface area contributed by atoms with E-state index in [1.807, 2.05) is 35.2 Å². The summed E-state index contributed by atoms with van der Waals surface area (Å²) in [6.07, 6.45) is 4.08. The molecular formula is C18H21N3O3. The van der Waals surface area contributed by atoms with Gasteiger partial charge in [-0.25, -0.2) is 0 Å². The Morgan fingerprint density at radius 1 is 1.25 bits per heavy atom. The lowest BCUT2D eigenvalue weighted by molar-refractivity contribution is -0.133. The van der Waals surface area contributed by atoms with Gasteiger partial charge in [-0.15, -0.1) is 0 Å². The number of piperidine rings is 1. The first-order chi connectivity index (χ1) is 11.8. The van der Waals surface area contributed by atoms with E-state index in [0.717, 1.165) is 38.0 Å². The van der Waals surface area contributed by atoms with Crippen LogP contribution < -0.4 is 4.74 Å². The number of hydrogen-bond donors (Lipinski definition) is 0. The summed E-state index contributed by atoms with van der Waals surface area (Å²) in [7, 11) is 0. The largest absolute Gasteiger partial charge is 0.484 e. The second-order valence-electron chi connectivity index (χ2n) is 6.55. The van der Waals surface area contributed by atoms with Crippen LogP contribution in [0.4, 0.5) is 0 Å². The Balaban J connectivity index is 1.36. The van der Waals surface area contributed by atoms with Gasteiger partial charge in [-0.3, -0.25) is 4.79 Å². The number of nitrogens with zero attached hydrogens (tertiary/aromatic N) is 3. The maximum absolute atomic E-state index is 12.2. The lowest BCUT2D eigenvalue weighted by Crippen LogP contribution is -2.40. The molecule has 0 N–H and O–H groups in total. The van der Waals surface area contributed by atoms with Crippen molar-refractivity contribution in [1.82, 2.24) is 15.0 Å². The predicted molar refractivity (Wildman–Crippen MR) is 86.4 cm³/mol. The summed E-state index contributed by atoms with van der Waals surface area (Å²) in [4.78, 5) is 18.7. The smallest absolute Gasteiger partial charge is 0.264 e. The third-order valence-corrected chi connectivity index (χ3v) is 4.61. The fraction of sp³-hybridized carbons (Fsp3) is 0.500. The third-order valence-electron chi connectivity index (χ3n) is 4.61. The fourth-order valence-electron chi connectivity index (χ4n) is 3.13. The first kappa shape index (κ1) is 15.2. The zero-order valence-corrected chi connectivity index (χ0v) is 13.6. The number of rotatable bonds is 5. The van der Waals surface area contributed by atoms with Crippen LogP contribution in [-0.4, -0.2) is 34.0 Å². The number of likely N-dealkylation sites (tertiary alicyclic amines) is 1. The number of hydrogen-bond acceptors (Lipinski definition) is 5. The Morgan fingerprint density at radius 3 is 2.88 bits per heavy atom. The fourth-order valence-corrected chi connectivity index (χ4v) is 3.13. The summed E-state index contributed by atoms with van der Waals surface area (Å²) in [5.41, 5.74) is 0. The average Bonchev–Trinajstić information content (AvgIpc) is 3.38. The Hall–Kier alpha value is -2.37. The Morgan fingerprint density at radius 2 is 2.08 bits per heavy atom. The number of amides is 1. The molecule has 1 atom stereocenters. The second kappa shape index (κ2) is 6.63. The molecule has 1 aliphatic carbocycles. The molecule has 6 nitrogen and oxygen atoms in total. The van der Waals surface area contributed by atoms with Crippen LogP contribution in [0.25, 0.3) is 0 Å². The highest BCUT2D eigenvalue weighted by atomic mass is 16.5. The summed E-state index contributed by atoms with van der Waals surface area (Å²) in [5.74, 6) is 2.67. The summed E-state index contributed by atoms with van der Waals surface area (Å²) < 4.78 is 10.9. The Kier molecular flexibility index (Phi) is 4.19. The molecule has 2 aliphatic rings. The van der Waals surface area contributed by atoms with Gasteiger partial charge in [-0.2, -0.15) is 4.98 Å². The summed E-state index contributed by atoms with van der Waals surface area (Å²) in [6.45, 7) is 1.82. The van der Waals surface area contributed by atoms with Crippen molar-refractivity contribution in [3.05, 3.63) is 42.0 Å². The minimum absolute atomic E-state index is 0.163. The van der Waals surface area contributed by atoms with Crippen LogP contribution in [0.3, 0.4) is 0 Å². The molecule has 1 aliphatic heterocycles. The molecule has 1 amide bonds. The van der Waals surface area contributed by atoms with Gasteiger partial charge in [0, 0.05) is 24.9 Å². The zero-order chi connectivity index (χ0) is 16.4. The molecule has 1 saturated carbocycles. The quantitative estimate of drug-likeness (QED) is 0.844. The van der Waals surface area contributed by atoms with Crippen LogP contribution in [0.15, 0.2) is 34.9 Å². The molecule has 6 heteroatoms. The van der Waals surface area contributed by atoms with Crippen molar-refractivity contribution in [3.63, 3.8) is 0 Å². The van der Waals surface area contributed by atoms with Gasteiger partial charge in [-0.05, 0) is 37.8 Å². The molecule has 0 radical (unpaired) electrons. The molecule has 24 heavy (non-hydrogen) atoms. The molecule has 2 fully saturated rings. The van der Waals surface area contributed by atoms with Gasteiger partial charge < -0.3 is 14.2 Å². The molecule has 2 heterocycles. The van der Waals surface area contributed by atoms with Crippen LogP contribution in [0, 0.1) is 5.92 Å². The van der Waals surface area contributed by atoms with Gasteiger partial charge in [0.1, 0.15) is 5.75 Å². The number of benzene rings is 1. The van der Waals surface area contributed by atoms with Crippen LogP contribution in [0.1, 0.15) is 43.3 Å². The summed E-state index contributed by atoms with van der Waals surface area (Å²) >= 11 is 0. The SMILES string of the molecule is O=C(C1CC1)N1CCCC(c2noc(COc3ccccc3)n2)C1.